The Kier molecular flexibility index (Phi) is 4.24. The second-order valence-corrected chi connectivity index (χ2v) is 5.14. The number of hydrogen-bond acceptors (Lipinski definition) is 4. The lowest BCUT2D eigenvalue weighted by Crippen LogP contribution is -2.50. The average molecular weight is 276 g/mol. The molecule has 1 aliphatic heterocycles. The smallest absolute Gasteiger partial charge is 0.313 e. The highest BCUT2D eigenvalue weighted by molar-refractivity contribution is 6.39. The van der Waals surface area contributed by atoms with Crippen LogP contribution in [0.5, 0.6) is 0 Å². The first-order valence-electron chi connectivity index (χ1n) is 6.62. The van der Waals surface area contributed by atoms with Crippen molar-refractivity contribution in [3.05, 3.63) is 23.8 Å². The van der Waals surface area contributed by atoms with Gasteiger partial charge in [-0.25, -0.2) is 0 Å². The van der Waals surface area contributed by atoms with Crippen molar-refractivity contribution in [2.24, 2.45) is 0 Å². The minimum atomic E-state index is -0.633. The van der Waals surface area contributed by atoms with Gasteiger partial charge in [0, 0.05) is 26.2 Å². The largest absolute Gasteiger partial charge is 0.397 e. The van der Waals surface area contributed by atoms with Crippen LogP contribution >= 0.6 is 0 Å². The van der Waals surface area contributed by atoms with Crippen LogP contribution in [0, 0.1) is 6.92 Å². The number of nitrogens with two attached hydrogens (primary N) is 1. The molecule has 0 bridgehead atoms. The van der Waals surface area contributed by atoms with Gasteiger partial charge in [0.1, 0.15) is 0 Å². The van der Waals surface area contributed by atoms with E-state index in [1.54, 1.807) is 17.0 Å². The maximum Gasteiger partial charge on any atom is 0.313 e. The standard InChI is InChI=1S/C14H20N4O2/c1-10-3-4-11(15)12(9-10)16-13(19)14(20)18-7-5-17(2)6-8-18/h3-4,9H,5-8,15H2,1-2H3,(H,16,19). The zero-order valence-electron chi connectivity index (χ0n) is 11.8. The molecule has 1 saturated heterocycles. The molecule has 0 saturated carbocycles. The van der Waals surface area contributed by atoms with E-state index in [1.165, 1.54) is 0 Å². The summed E-state index contributed by atoms with van der Waals surface area (Å²) in [6.07, 6.45) is 0. The zero-order chi connectivity index (χ0) is 14.7. The molecule has 6 nitrogen and oxygen atoms in total. The molecule has 3 N–H and O–H groups in total. The van der Waals surface area contributed by atoms with Crippen molar-refractivity contribution < 1.29 is 9.59 Å². The van der Waals surface area contributed by atoms with Gasteiger partial charge in [0.05, 0.1) is 11.4 Å². The summed E-state index contributed by atoms with van der Waals surface area (Å²) in [5.41, 5.74) is 7.70. The Labute approximate surface area is 118 Å². The van der Waals surface area contributed by atoms with E-state index >= 15 is 0 Å². The van der Waals surface area contributed by atoms with E-state index < -0.39 is 11.8 Å². The Morgan fingerprint density at radius 3 is 2.50 bits per heavy atom. The van der Waals surface area contributed by atoms with Crippen LogP contribution in [0.1, 0.15) is 5.56 Å². The van der Waals surface area contributed by atoms with Gasteiger partial charge >= 0.3 is 11.8 Å². The van der Waals surface area contributed by atoms with Gasteiger partial charge in [-0.05, 0) is 31.7 Å². The van der Waals surface area contributed by atoms with Crippen LogP contribution < -0.4 is 11.1 Å². The highest BCUT2D eigenvalue weighted by Crippen LogP contribution is 2.19. The number of anilines is 2. The quantitative estimate of drug-likeness (QED) is 0.571. The Hall–Kier alpha value is -2.08. The fourth-order valence-electron chi connectivity index (χ4n) is 2.11. The van der Waals surface area contributed by atoms with Crippen LogP contribution in [0.4, 0.5) is 11.4 Å². The number of benzene rings is 1. The zero-order valence-corrected chi connectivity index (χ0v) is 11.8. The second-order valence-electron chi connectivity index (χ2n) is 5.14. The molecule has 1 aromatic carbocycles. The molecule has 0 unspecified atom stereocenters. The predicted octanol–water partition coefficient (Wildman–Crippen LogP) is 0.290. The number of nitrogens with one attached hydrogen (secondary N) is 1. The third-order valence-corrected chi connectivity index (χ3v) is 3.44. The summed E-state index contributed by atoms with van der Waals surface area (Å²) in [5.74, 6) is -1.13. The summed E-state index contributed by atoms with van der Waals surface area (Å²) in [4.78, 5) is 27.7. The van der Waals surface area contributed by atoms with Crippen molar-refractivity contribution >= 4 is 23.2 Å². The lowest BCUT2D eigenvalue weighted by Gasteiger charge is -2.31. The first kappa shape index (κ1) is 14.3. The molecule has 6 heteroatoms. The molecular weight excluding hydrogens is 256 g/mol. The van der Waals surface area contributed by atoms with Crippen LogP contribution in [0.3, 0.4) is 0 Å². The van der Waals surface area contributed by atoms with Gasteiger partial charge in [0.15, 0.2) is 0 Å². The fourth-order valence-corrected chi connectivity index (χ4v) is 2.11. The lowest BCUT2D eigenvalue weighted by molar-refractivity contribution is -0.144. The minimum Gasteiger partial charge on any atom is -0.397 e. The van der Waals surface area contributed by atoms with Crippen molar-refractivity contribution in [1.82, 2.24) is 9.80 Å². The molecule has 1 aliphatic rings. The maximum absolute atomic E-state index is 12.1. The van der Waals surface area contributed by atoms with Crippen LogP contribution in [0.2, 0.25) is 0 Å². The molecule has 1 heterocycles. The van der Waals surface area contributed by atoms with Crippen molar-refractivity contribution in [2.45, 2.75) is 6.92 Å². The van der Waals surface area contributed by atoms with Crippen molar-refractivity contribution in [3.8, 4) is 0 Å². The van der Waals surface area contributed by atoms with E-state index in [0.717, 1.165) is 18.7 Å². The normalized spacial score (nSPS) is 16.0. The molecule has 20 heavy (non-hydrogen) atoms. The third kappa shape index (κ3) is 3.27. The Morgan fingerprint density at radius 1 is 1.20 bits per heavy atom. The molecule has 0 aromatic heterocycles. The number of hydrogen-bond donors (Lipinski definition) is 2. The van der Waals surface area contributed by atoms with Crippen LogP contribution in [-0.4, -0.2) is 54.8 Å². The monoisotopic (exact) mass is 276 g/mol. The van der Waals surface area contributed by atoms with Crippen LogP contribution in [0.25, 0.3) is 0 Å². The molecular formula is C14H20N4O2. The topological polar surface area (TPSA) is 78.7 Å². The van der Waals surface area contributed by atoms with Gasteiger partial charge in [0.25, 0.3) is 0 Å². The molecule has 1 aromatic rings. The number of nitrogens with zero attached hydrogens (tertiary/aromatic N) is 2. The molecule has 0 radical (unpaired) electrons. The summed E-state index contributed by atoms with van der Waals surface area (Å²) in [5, 5.41) is 2.59. The maximum atomic E-state index is 12.1. The van der Waals surface area contributed by atoms with Crippen molar-refractivity contribution in [1.29, 1.82) is 0 Å². The van der Waals surface area contributed by atoms with E-state index in [1.807, 2.05) is 20.0 Å². The average Bonchev–Trinajstić information content (AvgIpc) is 2.43. The number of rotatable bonds is 1. The lowest BCUT2D eigenvalue weighted by atomic mass is 10.2. The van der Waals surface area contributed by atoms with E-state index in [-0.39, 0.29) is 0 Å². The molecule has 1 fully saturated rings. The van der Waals surface area contributed by atoms with Gasteiger partial charge in [-0.15, -0.1) is 0 Å². The Balaban J connectivity index is 2.01. The van der Waals surface area contributed by atoms with E-state index in [4.69, 9.17) is 5.73 Å². The molecule has 2 amide bonds. The van der Waals surface area contributed by atoms with Crippen molar-refractivity contribution in [2.75, 3.05) is 44.3 Å². The van der Waals surface area contributed by atoms with Crippen LogP contribution in [-0.2, 0) is 9.59 Å². The summed E-state index contributed by atoms with van der Waals surface area (Å²) in [6, 6.07) is 5.32. The summed E-state index contributed by atoms with van der Waals surface area (Å²) in [6.45, 7) is 4.62. The summed E-state index contributed by atoms with van der Waals surface area (Å²) < 4.78 is 0. The number of piperazine rings is 1. The SMILES string of the molecule is Cc1ccc(N)c(NC(=O)C(=O)N2CCN(C)CC2)c1. The van der Waals surface area contributed by atoms with Crippen LogP contribution in [0.15, 0.2) is 18.2 Å². The molecule has 0 aliphatic carbocycles. The number of nitrogen functional groups attached to an aromatic ring is 1. The Bertz CT molecular complexity index is 522. The molecule has 0 spiro atoms. The predicted molar refractivity (Wildman–Crippen MR) is 78.3 cm³/mol. The van der Waals surface area contributed by atoms with Gasteiger partial charge in [0.2, 0.25) is 0 Å². The van der Waals surface area contributed by atoms with E-state index in [9.17, 15) is 9.59 Å². The number of carbonyl (C=O) groups excluding carboxylic acids is 2. The molecule has 2 rings (SSSR count). The minimum absolute atomic E-state index is 0.454. The highest BCUT2D eigenvalue weighted by atomic mass is 16.2. The fraction of sp³-hybridized carbons (Fsp3) is 0.429. The summed E-state index contributed by atoms with van der Waals surface area (Å²) >= 11 is 0. The second kappa shape index (κ2) is 5.92. The third-order valence-electron chi connectivity index (χ3n) is 3.44. The van der Waals surface area contributed by atoms with Gasteiger partial charge in [-0.1, -0.05) is 6.07 Å². The molecule has 0 atom stereocenters. The number of amides is 2. The highest BCUT2D eigenvalue weighted by Gasteiger charge is 2.25. The number of carbonyl (C=O) groups is 2. The van der Waals surface area contributed by atoms with Crippen molar-refractivity contribution in [3.63, 3.8) is 0 Å². The van der Waals surface area contributed by atoms with Gasteiger partial charge in [-0.3, -0.25) is 9.59 Å². The van der Waals surface area contributed by atoms with E-state index in [2.05, 4.69) is 10.2 Å². The summed E-state index contributed by atoms with van der Waals surface area (Å²) in [7, 11) is 2.00. The van der Waals surface area contributed by atoms with Gasteiger partial charge in [-0.2, -0.15) is 0 Å². The van der Waals surface area contributed by atoms with E-state index in [0.29, 0.717) is 24.5 Å². The number of aryl methyl sites for hydroxylation is 1. The Morgan fingerprint density at radius 2 is 1.85 bits per heavy atom. The molecule has 108 valence electrons. The van der Waals surface area contributed by atoms with Gasteiger partial charge < -0.3 is 20.9 Å². The first-order chi connectivity index (χ1) is 9.47. The number of likely N-dealkylation sites (N-methyl/N-ethyl adjacent to an activating group) is 1. The first-order valence-corrected chi connectivity index (χ1v) is 6.62.